The Morgan fingerprint density at radius 1 is 1.11 bits per heavy atom. The Hall–Kier alpha value is -2.59. The first kappa shape index (κ1) is 20.2. The summed E-state index contributed by atoms with van der Waals surface area (Å²) in [5, 5.41) is 2.16. The van der Waals surface area contributed by atoms with E-state index in [1.807, 2.05) is 0 Å². The molecule has 150 valence electrons. The lowest BCUT2D eigenvalue weighted by Crippen LogP contribution is -2.54. The number of carbonyl (C=O) groups excluding carboxylic acids is 4. The topological polar surface area (TPSA) is 127 Å². The Labute approximate surface area is 162 Å². The molecule has 1 unspecified atom stereocenters. The first-order chi connectivity index (χ1) is 13.2. The van der Waals surface area contributed by atoms with Crippen molar-refractivity contribution in [3.05, 3.63) is 34.9 Å². The summed E-state index contributed by atoms with van der Waals surface area (Å²) in [7, 11) is -3.46. The van der Waals surface area contributed by atoms with E-state index in [2.05, 4.69) is 9.50 Å². The molecular weight excluding hydrogens is 388 g/mol. The van der Waals surface area contributed by atoms with Crippen LogP contribution in [0.1, 0.15) is 52.0 Å². The van der Waals surface area contributed by atoms with Gasteiger partial charge in [0.2, 0.25) is 11.8 Å². The van der Waals surface area contributed by atoms with E-state index in [1.54, 1.807) is 18.2 Å². The van der Waals surface area contributed by atoms with E-state index < -0.39 is 39.8 Å². The van der Waals surface area contributed by atoms with E-state index in [4.69, 9.17) is 0 Å². The van der Waals surface area contributed by atoms with Crippen LogP contribution in [0.25, 0.3) is 0 Å². The highest BCUT2D eigenvalue weighted by molar-refractivity contribution is 7.85. The lowest BCUT2D eigenvalue weighted by atomic mass is 10.0. The van der Waals surface area contributed by atoms with Crippen LogP contribution in [0.2, 0.25) is 0 Å². The number of amides is 4. The third kappa shape index (κ3) is 4.28. The largest absolute Gasteiger partial charge is 0.295 e. The molecule has 3 rings (SSSR count). The Morgan fingerprint density at radius 3 is 2.50 bits per heavy atom. The van der Waals surface area contributed by atoms with Crippen molar-refractivity contribution in [2.45, 2.75) is 38.1 Å². The van der Waals surface area contributed by atoms with E-state index in [1.165, 1.54) is 0 Å². The minimum absolute atomic E-state index is 0.0740. The highest BCUT2D eigenvalue weighted by Gasteiger charge is 2.44. The zero-order chi connectivity index (χ0) is 20.5. The van der Waals surface area contributed by atoms with E-state index in [0.717, 1.165) is 16.7 Å². The van der Waals surface area contributed by atoms with Crippen molar-refractivity contribution in [3.63, 3.8) is 0 Å². The molecule has 2 aliphatic heterocycles. The first-order valence-corrected chi connectivity index (χ1v) is 10.7. The van der Waals surface area contributed by atoms with Gasteiger partial charge in [-0.2, -0.15) is 8.42 Å². The molecule has 1 fully saturated rings. The number of aryl methyl sites for hydroxylation is 1. The second-order valence-corrected chi connectivity index (χ2v) is 8.45. The average molecular weight is 408 g/mol. The lowest BCUT2D eigenvalue weighted by Gasteiger charge is -2.27. The summed E-state index contributed by atoms with van der Waals surface area (Å²) in [6.07, 6.45) is 2.94. The Kier molecular flexibility index (Phi) is 5.61. The van der Waals surface area contributed by atoms with Crippen LogP contribution >= 0.6 is 0 Å². The summed E-state index contributed by atoms with van der Waals surface area (Å²) in [5.41, 5.74) is 1.29. The predicted octanol–water partition coefficient (Wildman–Crippen LogP) is 0.387. The predicted molar refractivity (Wildman–Crippen MR) is 96.8 cm³/mol. The van der Waals surface area contributed by atoms with Gasteiger partial charge >= 0.3 is 0 Å². The summed E-state index contributed by atoms with van der Waals surface area (Å²) in [5.74, 6) is -2.14. The Bertz CT molecular complexity index is 955. The van der Waals surface area contributed by atoms with Gasteiger partial charge in [-0.1, -0.05) is 6.07 Å². The molecule has 9 nitrogen and oxygen atoms in total. The molecule has 28 heavy (non-hydrogen) atoms. The molecule has 0 bridgehead atoms. The van der Waals surface area contributed by atoms with E-state index in [-0.39, 0.29) is 30.6 Å². The van der Waals surface area contributed by atoms with Crippen LogP contribution in [0.4, 0.5) is 0 Å². The number of nitrogens with one attached hydrogen (secondary N) is 1. The quantitative estimate of drug-likeness (QED) is 0.393. The molecule has 1 N–H and O–H groups in total. The molecule has 0 radical (unpaired) electrons. The number of imide groups is 2. The molecule has 2 heterocycles. The van der Waals surface area contributed by atoms with Crippen LogP contribution in [-0.2, 0) is 30.3 Å². The van der Waals surface area contributed by atoms with Gasteiger partial charge in [0.15, 0.2) is 0 Å². The maximum Gasteiger partial charge on any atom is 0.264 e. The normalized spacial score (nSPS) is 19.8. The van der Waals surface area contributed by atoms with E-state index in [9.17, 15) is 27.6 Å². The van der Waals surface area contributed by atoms with Crippen molar-refractivity contribution >= 4 is 33.7 Å². The van der Waals surface area contributed by atoms with Gasteiger partial charge in [0, 0.05) is 6.42 Å². The molecule has 2 aliphatic rings. The van der Waals surface area contributed by atoms with Gasteiger partial charge in [-0.05, 0) is 43.4 Å². The van der Waals surface area contributed by atoms with Crippen molar-refractivity contribution in [2.75, 3.05) is 12.9 Å². The minimum atomic E-state index is -3.46. The van der Waals surface area contributed by atoms with Crippen LogP contribution in [0.15, 0.2) is 18.2 Å². The Morgan fingerprint density at radius 2 is 1.82 bits per heavy atom. The third-order valence-corrected chi connectivity index (χ3v) is 5.26. The van der Waals surface area contributed by atoms with Crippen molar-refractivity contribution in [1.82, 2.24) is 10.2 Å². The molecule has 0 aromatic heterocycles. The SMILES string of the molecule is CS(=O)(=O)OCCCCc1ccc2c(c1)C(=O)N(C1CCC(=O)NC1=O)C2=O. The van der Waals surface area contributed by atoms with Crippen LogP contribution in [-0.4, -0.2) is 55.9 Å². The number of unbranched alkanes of at least 4 members (excludes halogenated alkanes) is 1. The minimum Gasteiger partial charge on any atom is -0.295 e. The second-order valence-electron chi connectivity index (χ2n) is 6.81. The summed E-state index contributed by atoms with van der Waals surface area (Å²) >= 11 is 0. The molecule has 1 aromatic rings. The number of rotatable bonds is 7. The lowest BCUT2D eigenvalue weighted by molar-refractivity contribution is -0.136. The van der Waals surface area contributed by atoms with Crippen molar-refractivity contribution in [1.29, 1.82) is 0 Å². The van der Waals surface area contributed by atoms with Gasteiger partial charge in [-0.25, -0.2) is 0 Å². The molecule has 10 heteroatoms. The molecule has 0 aliphatic carbocycles. The monoisotopic (exact) mass is 408 g/mol. The molecule has 4 amide bonds. The highest BCUT2D eigenvalue weighted by Crippen LogP contribution is 2.28. The summed E-state index contributed by atoms with van der Waals surface area (Å²) in [6, 6.07) is 3.93. The molecular formula is C18H20N2O7S. The second kappa shape index (κ2) is 7.80. The first-order valence-electron chi connectivity index (χ1n) is 8.86. The zero-order valence-electron chi connectivity index (χ0n) is 15.3. The number of piperidine rings is 1. The van der Waals surface area contributed by atoms with Gasteiger partial charge in [0.1, 0.15) is 6.04 Å². The van der Waals surface area contributed by atoms with E-state index >= 15 is 0 Å². The molecule has 1 atom stereocenters. The van der Waals surface area contributed by atoms with Gasteiger partial charge in [-0.15, -0.1) is 0 Å². The van der Waals surface area contributed by atoms with Gasteiger partial charge in [-0.3, -0.25) is 33.6 Å². The fourth-order valence-corrected chi connectivity index (χ4v) is 3.74. The van der Waals surface area contributed by atoms with Gasteiger partial charge < -0.3 is 0 Å². The standard InChI is InChI=1S/C18H20N2O7S/c1-28(25,26)27-9-3-2-4-11-5-6-12-13(10-11)18(24)20(17(12)23)14-7-8-15(21)19-16(14)22/h5-6,10,14H,2-4,7-9H2,1H3,(H,19,21,22). The van der Waals surface area contributed by atoms with Crippen LogP contribution < -0.4 is 5.32 Å². The summed E-state index contributed by atoms with van der Waals surface area (Å²) < 4.78 is 26.5. The van der Waals surface area contributed by atoms with Crippen molar-refractivity contribution < 1.29 is 31.8 Å². The molecule has 1 aromatic carbocycles. The molecule has 0 spiro atoms. The molecule has 0 saturated carbocycles. The van der Waals surface area contributed by atoms with Crippen molar-refractivity contribution in [3.8, 4) is 0 Å². The van der Waals surface area contributed by atoms with Gasteiger partial charge in [0.25, 0.3) is 21.9 Å². The van der Waals surface area contributed by atoms with E-state index in [0.29, 0.717) is 19.3 Å². The fraction of sp³-hybridized carbons (Fsp3) is 0.444. The maximum absolute atomic E-state index is 12.7. The van der Waals surface area contributed by atoms with Crippen LogP contribution in [0.3, 0.4) is 0 Å². The number of carbonyl (C=O) groups is 4. The fourth-order valence-electron chi connectivity index (χ4n) is 3.32. The molecule has 1 saturated heterocycles. The zero-order valence-corrected chi connectivity index (χ0v) is 16.1. The summed E-state index contributed by atoms with van der Waals surface area (Å²) in [4.78, 5) is 49.6. The summed E-state index contributed by atoms with van der Waals surface area (Å²) in [6.45, 7) is 0.0878. The average Bonchev–Trinajstić information content (AvgIpc) is 2.85. The number of benzene rings is 1. The third-order valence-electron chi connectivity index (χ3n) is 4.66. The highest BCUT2D eigenvalue weighted by atomic mass is 32.2. The maximum atomic E-state index is 12.7. The number of hydrogen-bond acceptors (Lipinski definition) is 7. The number of hydrogen-bond donors (Lipinski definition) is 1. The smallest absolute Gasteiger partial charge is 0.264 e. The number of nitrogens with zero attached hydrogens (tertiary/aromatic N) is 1. The Balaban J connectivity index is 1.66. The number of fused-ring (bicyclic) bond motifs is 1. The van der Waals surface area contributed by atoms with Gasteiger partial charge in [0.05, 0.1) is 24.0 Å². The van der Waals surface area contributed by atoms with Crippen LogP contribution in [0, 0.1) is 0 Å². The van der Waals surface area contributed by atoms with Crippen molar-refractivity contribution in [2.24, 2.45) is 0 Å². The van der Waals surface area contributed by atoms with Crippen LogP contribution in [0.5, 0.6) is 0 Å².